The van der Waals surface area contributed by atoms with E-state index >= 15 is 0 Å². The van der Waals surface area contributed by atoms with E-state index in [1.807, 2.05) is 31.2 Å². The fourth-order valence-corrected chi connectivity index (χ4v) is 3.70. The predicted octanol–water partition coefficient (Wildman–Crippen LogP) is 5.43. The Morgan fingerprint density at radius 3 is 2.70 bits per heavy atom. The van der Waals surface area contributed by atoms with Crippen LogP contribution >= 0.6 is 0 Å². The van der Waals surface area contributed by atoms with Crippen molar-refractivity contribution in [2.24, 2.45) is 0 Å². The van der Waals surface area contributed by atoms with Gasteiger partial charge >= 0.3 is 6.18 Å². The molecule has 2 heterocycles. The molecule has 2 aromatic carbocycles. The summed E-state index contributed by atoms with van der Waals surface area (Å²) in [6.07, 6.45) is -2.27. The predicted molar refractivity (Wildman–Crippen MR) is 104 cm³/mol. The van der Waals surface area contributed by atoms with E-state index in [0.717, 1.165) is 36.1 Å². The zero-order valence-corrected chi connectivity index (χ0v) is 16.3. The van der Waals surface area contributed by atoms with Crippen LogP contribution in [0.3, 0.4) is 0 Å². The van der Waals surface area contributed by atoms with E-state index in [1.54, 1.807) is 0 Å². The Kier molecular flexibility index (Phi) is 5.32. The Morgan fingerprint density at radius 1 is 1.13 bits per heavy atom. The molecule has 1 atom stereocenters. The molecule has 1 aliphatic heterocycles. The summed E-state index contributed by atoms with van der Waals surface area (Å²) in [4.78, 5) is 19.1. The maximum atomic E-state index is 13.1. The average molecular weight is 415 g/mol. The third-order valence-corrected chi connectivity index (χ3v) is 5.20. The molecular weight excluding hydrogens is 395 g/mol. The zero-order valence-electron chi connectivity index (χ0n) is 16.3. The summed E-state index contributed by atoms with van der Waals surface area (Å²) in [6, 6.07) is 11.7. The number of hydrogen-bond acceptors (Lipinski definition) is 4. The van der Waals surface area contributed by atoms with Gasteiger partial charge in [-0.05, 0) is 50.5 Å². The minimum atomic E-state index is -4.51. The number of hydrogen-bond donors (Lipinski definition) is 0. The SMILES string of the molecule is Cc1cccc(-c2noc(C3CCCCN3C(=O)c3cccc(C(F)(F)F)c3)n2)c1. The highest BCUT2D eigenvalue weighted by Crippen LogP contribution is 2.34. The minimum absolute atomic E-state index is 0.00449. The number of likely N-dealkylation sites (tertiary alicyclic amines) is 1. The molecule has 0 spiro atoms. The lowest BCUT2D eigenvalue weighted by molar-refractivity contribution is -0.137. The smallest absolute Gasteiger partial charge is 0.337 e. The monoisotopic (exact) mass is 415 g/mol. The first-order valence-electron chi connectivity index (χ1n) is 9.72. The molecule has 30 heavy (non-hydrogen) atoms. The molecule has 1 saturated heterocycles. The van der Waals surface area contributed by atoms with E-state index < -0.39 is 23.7 Å². The summed E-state index contributed by atoms with van der Waals surface area (Å²) in [5, 5.41) is 4.04. The third-order valence-electron chi connectivity index (χ3n) is 5.20. The number of aryl methyl sites for hydroxylation is 1. The van der Waals surface area contributed by atoms with E-state index in [9.17, 15) is 18.0 Å². The Morgan fingerprint density at radius 2 is 1.93 bits per heavy atom. The summed E-state index contributed by atoms with van der Waals surface area (Å²) in [7, 11) is 0. The lowest BCUT2D eigenvalue weighted by Crippen LogP contribution is -2.38. The molecule has 1 unspecified atom stereocenters. The van der Waals surface area contributed by atoms with Crippen molar-refractivity contribution in [2.45, 2.75) is 38.4 Å². The van der Waals surface area contributed by atoms with Crippen LogP contribution in [0.4, 0.5) is 13.2 Å². The van der Waals surface area contributed by atoms with Gasteiger partial charge in [-0.25, -0.2) is 0 Å². The van der Waals surface area contributed by atoms with Crippen molar-refractivity contribution in [1.29, 1.82) is 0 Å². The highest BCUT2D eigenvalue weighted by atomic mass is 19.4. The van der Waals surface area contributed by atoms with Gasteiger partial charge in [-0.3, -0.25) is 4.79 Å². The summed E-state index contributed by atoms with van der Waals surface area (Å²) < 4.78 is 44.6. The van der Waals surface area contributed by atoms with Gasteiger partial charge in [0.15, 0.2) is 0 Å². The molecule has 8 heteroatoms. The number of nitrogens with zero attached hydrogens (tertiary/aromatic N) is 3. The minimum Gasteiger partial charge on any atom is -0.337 e. The number of halogens is 3. The van der Waals surface area contributed by atoms with Crippen molar-refractivity contribution in [1.82, 2.24) is 15.0 Å². The second-order valence-electron chi connectivity index (χ2n) is 7.41. The van der Waals surface area contributed by atoms with Crippen LogP contribution in [-0.2, 0) is 6.18 Å². The average Bonchev–Trinajstić information content (AvgIpc) is 3.23. The molecule has 1 amide bonds. The fourth-order valence-electron chi connectivity index (χ4n) is 3.70. The van der Waals surface area contributed by atoms with E-state index in [-0.39, 0.29) is 5.56 Å². The van der Waals surface area contributed by atoms with Gasteiger partial charge in [-0.2, -0.15) is 18.2 Å². The number of benzene rings is 2. The standard InChI is InChI=1S/C22H20F3N3O2/c1-14-6-4-7-15(12-14)19-26-20(30-27-19)18-10-2-3-11-28(18)21(29)16-8-5-9-17(13-16)22(23,24)25/h4-9,12-13,18H,2-3,10-11H2,1H3. The second kappa shape index (κ2) is 7.93. The lowest BCUT2D eigenvalue weighted by atomic mass is 10.00. The highest BCUT2D eigenvalue weighted by Gasteiger charge is 2.35. The summed E-state index contributed by atoms with van der Waals surface area (Å²) in [5.74, 6) is 0.248. The van der Waals surface area contributed by atoms with E-state index in [2.05, 4.69) is 10.1 Å². The normalized spacial score (nSPS) is 17.2. The van der Waals surface area contributed by atoms with Crippen molar-refractivity contribution in [3.8, 4) is 11.4 Å². The molecule has 3 aromatic rings. The number of carbonyl (C=O) groups excluding carboxylic acids is 1. The largest absolute Gasteiger partial charge is 0.416 e. The molecule has 156 valence electrons. The molecule has 0 aliphatic carbocycles. The van der Waals surface area contributed by atoms with Crippen LogP contribution in [-0.4, -0.2) is 27.5 Å². The summed E-state index contributed by atoms with van der Waals surface area (Å²) in [5.41, 5.74) is 1.01. The molecule has 5 nitrogen and oxygen atoms in total. The Balaban J connectivity index is 1.62. The van der Waals surface area contributed by atoms with Crippen molar-refractivity contribution >= 4 is 5.91 Å². The Bertz CT molecular complexity index is 1060. The first-order valence-corrected chi connectivity index (χ1v) is 9.72. The fraction of sp³-hybridized carbons (Fsp3) is 0.318. The quantitative estimate of drug-likeness (QED) is 0.572. The van der Waals surface area contributed by atoms with Crippen molar-refractivity contribution in [3.05, 3.63) is 71.1 Å². The zero-order chi connectivity index (χ0) is 21.3. The van der Waals surface area contributed by atoms with E-state index in [1.165, 1.54) is 17.0 Å². The molecule has 1 aliphatic rings. The second-order valence-corrected chi connectivity index (χ2v) is 7.41. The highest BCUT2D eigenvalue weighted by molar-refractivity contribution is 5.94. The van der Waals surface area contributed by atoms with Crippen LogP contribution in [0, 0.1) is 6.92 Å². The van der Waals surface area contributed by atoms with Crippen LogP contribution < -0.4 is 0 Å². The first-order chi connectivity index (χ1) is 14.3. The number of amides is 1. The van der Waals surface area contributed by atoms with Gasteiger partial charge in [0.25, 0.3) is 5.91 Å². The maximum absolute atomic E-state index is 13.1. The Labute approximate surface area is 171 Å². The molecule has 0 bridgehead atoms. The number of alkyl halides is 3. The van der Waals surface area contributed by atoms with Gasteiger partial charge in [0.2, 0.25) is 11.7 Å². The van der Waals surface area contributed by atoms with Crippen LogP contribution in [0.5, 0.6) is 0 Å². The summed E-state index contributed by atoms with van der Waals surface area (Å²) >= 11 is 0. The van der Waals surface area contributed by atoms with E-state index in [4.69, 9.17) is 4.52 Å². The first kappa shape index (κ1) is 20.1. The topological polar surface area (TPSA) is 59.2 Å². The van der Waals surface area contributed by atoms with Crippen LogP contribution in [0.2, 0.25) is 0 Å². The van der Waals surface area contributed by atoms with Crippen LogP contribution in [0.15, 0.2) is 53.1 Å². The van der Waals surface area contributed by atoms with Crippen LogP contribution in [0.1, 0.15) is 52.7 Å². The lowest BCUT2D eigenvalue weighted by Gasteiger charge is -2.33. The van der Waals surface area contributed by atoms with Gasteiger partial charge in [-0.15, -0.1) is 0 Å². The molecule has 0 radical (unpaired) electrons. The number of carbonyl (C=O) groups is 1. The molecule has 4 rings (SSSR count). The Hall–Kier alpha value is -3.16. The van der Waals surface area contributed by atoms with E-state index in [0.29, 0.717) is 24.7 Å². The molecular formula is C22H20F3N3O2. The van der Waals surface area contributed by atoms with Gasteiger partial charge in [-0.1, -0.05) is 35.0 Å². The third kappa shape index (κ3) is 4.08. The van der Waals surface area contributed by atoms with Gasteiger partial charge in [0.05, 0.1) is 5.56 Å². The number of piperidine rings is 1. The van der Waals surface area contributed by atoms with Crippen LogP contribution in [0.25, 0.3) is 11.4 Å². The van der Waals surface area contributed by atoms with Gasteiger partial charge in [0, 0.05) is 17.7 Å². The molecule has 0 saturated carbocycles. The van der Waals surface area contributed by atoms with Crippen molar-refractivity contribution in [2.75, 3.05) is 6.54 Å². The maximum Gasteiger partial charge on any atom is 0.416 e. The van der Waals surface area contributed by atoms with Crippen molar-refractivity contribution < 1.29 is 22.5 Å². The number of rotatable bonds is 3. The van der Waals surface area contributed by atoms with Gasteiger partial charge < -0.3 is 9.42 Å². The number of aromatic nitrogens is 2. The molecule has 0 N–H and O–H groups in total. The molecule has 1 fully saturated rings. The molecule has 1 aromatic heterocycles. The summed E-state index contributed by atoms with van der Waals surface area (Å²) in [6.45, 7) is 2.38. The van der Waals surface area contributed by atoms with Gasteiger partial charge in [0.1, 0.15) is 6.04 Å². The van der Waals surface area contributed by atoms with Crippen molar-refractivity contribution in [3.63, 3.8) is 0 Å².